The van der Waals surface area contributed by atoms with Crippen molar-refractivity contribution < 1.29 is 32.2 Å². The second-order valence-corrected chi connectivity index (χ2v) is 5.88. The molecule has 0 saturated heterocycles. The molecule has 3 atom stereocenters. The van der Waals surface area contributed by atoms with Crippen LogP contribution in [0.5, 0.6) is 0 Å². The average molecular weight is 376 g/mol. The molecule has 1 amide bonds. The van der Waals surface area contributed by atoms with Gasteiger partial charge in [0.1, 0.15) is 0 Å². The molecular weight excluding hydrogens is 353 g/mol. The quantitative estimate of drug-likeness (QED) is 0.518. The second kappa shape index (κ2) is 9.59. The van der Waals surface area contributed by atoms with Crippen molar-refractivity contribution in [2.45, 2.75) is 63.6 Å². The molecule has 0 heterocycles. The molecule has 0 radical (unpaired) electrons. The van der Waals surface area contributed by atoms with Gasteiger partial charge >= 0.3 is 18.1 Å². The molecule has 3 unspecified atom stereocenters. The summed E-state index contributed by atoms with van der Waals surface area (Å²) in [5.41, 5.74) is 6.08. The smallest absolute Gasteiger partial charge is 0.449 e. The van der Waals surface area contributed by atoms with Gasteiger partial charge in [-0.15, -0.1) is 6.42 Å². The number of hydrogen-bond donors (Lipinski definition) is 2. The minimum Gasteiger partial charge on any atom is -0.449 e. The lowest BCUT2D eigenvalue weighted by molar-refractivity contribution is -0.175. The number of amides is 1. The van der Waals surface area contributed by atoms with Crippen molar-refractivity contribution in [3.05, 3.63) is 11.6 Å². The number of carbonyl (C=O) groups excluding carboxylic acids is 2. The predicted octanol–water partition coefficient (Wildman–Crippen LogP) is 1.44. The van der Waals surface area contributed by atoms with Gasteiger partial charge in [-0.2, -0.15) is 13.2 Å². The highest BCUT2D eigenvalue weighted by atomic mass is 19.4. The number of terminal acetylenes is 1. The lowest BCUT2D eigenvalue weighted by Gasteiger charge is -2.36. The molecule has 146 valence electrons. The third-order valence-electron chi connectivity index (χ3n) is 4.00. The number of rotatable bonds is 7. The Morgan fingerprint density at radius 1 is 1.42 bits per heavy atom. The van der Waals surface area contributed by atoms with Crippen LogP contribution in [0.2, 0.25) is 0 Å². The minimum atomic E-state index is -5.05. The Labute approximate surface area is 150 Å². The summed E-state index contributed by atoms with van der Waals surface area (Å²) >= 11 is 0. The number of carbonyl (C=O) groups is 2. The first kappa shape index (κ1) is 22.0. The van der Waals surface area contributed by atoms with E-state index in [1.54, 1.807) is 0 Å². The van der Waals surface area contributed by atoms with E-state index >= 15 is 0 Å². The summed E-state index contributed by atoms with van der Waals surface area (Å²) in [6, 6.07) is -2.09. The van der Waals surface area contributed by atoms with Gasteiger partial charge in [-0.1, -0.05) is 19.8 Å². The largest absolute Gasteiger partial charge is 0.471 e. The fraction of sp³-hybridized carbons (Fsp3) is 0.647. The Bertz CT molecular complexity index is 580. The van der Waals surface area contributed by atoms with E-state index in [0.29, 0.717) is 12.8 Å². The van der Waals surface area contributed by atoms with E-state index in [1.165, 1.54) is 6.08 Å². The molecule has 9 heteroatoms. The van der Waals surface area contributed by atoms with E-state index < -0.39 is 36.2 Å². The van der Waals surface area contributed by atoms with Gasteiger partial charge < -0.3 is 20.5 Å². The molecule has 3 N–H and O–H groups in total. The van der Waals surface area contributed by atoms with Crippen LogP contribution in [0.15, 0.2) is 11.6 Å². The summed E-state index contributed by atoms with van der Waals surface area (Å²) in [7, 11) is 0. The zero-order valence-corrected chi connectivity index (χ0v) is 14.6. The van der Waals surface area contributed by atoms with Crippen LogP contribution in [-0.2, 0) is 19.1 Å². The standard InChI is InChI=1S/C17H23F3N2O4/c1-4-7-25-15(23)10-8-12(21)14(22-16(24)17(18,19)20)13(9-10)26-11(5-2)6-3/h1,9,11-14H,5-8,21H2,2-3H3,(H,22,24). The topological polar surface area (TPSA) is 90.6 Å². The van der Waals surface area contributed by atoms with Crippen LogP contribution in [0.1, 0.15) is 33.1 Å². The molecule has 0 bridgehead atoms. The maximum atomic E-state index is 12.6. The maximum absolute atomic E-state index is 12.6. The summed E-state index contributed by atoms with van der Waals surface area (Å²) in [6.45, 7) is 3.47. The van der Waals surface area contributed by atoms with E-state index in [4.69, 9.17) is 21.6 Å². The molecular formula is C17H23F3N2O4. The SMILES string of the molecule is C#CCOC(=O)C1=CC(OC(CC)CC)C(NC(=O)C(F)(F)F)C(N)C1. The number of ether oxygens (including phenoxy) is 2. The van der Waals surface area contributed by atoms with Crippen LogP contribution in [0.25, 0.3) is 0 Å². The third kappa shape index (κ3) is 6.04. The van der Waals surface area contributed by atoms with Crippen molar-refractivity contribution in [1.82, 2.24) is 5.32 Å². The van der Waals surface area contributed by atoms with Gasteiger partial charge in [0.05, 0.1) is 18.2 Å². The molecule has 1 rings (SSSR count). The Hall–Kier alpha value is -2.05. The van der Waals surface area contributed by atoms with Gasteiger partial charge in [-0.05, 0) is 25.3 Å². The van der Waals surface area contributed by atoms with Crippen LogP contribution >= 0.6 is 0 Å². The van der Waals surface area contributed by atoms with E-state index in [2.05, 4.69) is 5.92 Å². The number of esters is 1. The Morgan fingerprint density at radius 3 is 2.54 bits per heavy atom. The summed E-state index contributed by atoms with van der Waals surface area (Å²) in [5, 5.41) is 1.87. The summed E-state index contributed by atoms with van der Waals surface area (Å²) in [6.07, 6.45) is 1.20. The molecule has 0 aromatic heterocycles. The van der Waals surface area contributed by atoms with Gasteiger partial charge in [0.25, 0.3) is 0 Å². The average Bonchev–Trinajstić information content (AvgIpc) is 2.58. The Morgan fingerprint density at radius 2 is 2.04 bits per heavy atom. The van der Waals surface area contributed by atoms with Gasteiger partial charge in [0.2, 0.25) is 0 Å². The fourth-order valence-corrected chi connectivity index (χ4v) is 2.60. The van der Waals surface area contributed by atoms with E-state index in [9.17, 15) is 22.8 Å². The summed E-state index contributed by atoms with van der Waals surface area (Å²) < 4.78 is 48.4. The zero-order chi connectivity index (χ0) is 19.9. The molecule has 0 aromatic rings. The Kier molecular flexibility index (Phi) is 8.11. The van der Waals surface area contributed by atoms with Crippen molar-refractivity contribution in [2.75, 3.05) is 6.61 Å². The van der Waals surface area contributed by atoms with Crippen LogP contribution in [0.4, 0.5) is 13.2 Å². The van der Waals surface area contributed by atoms with Gasteiger partial charge in [0, 0.05) is 11.6 Å². The molecule has 0 fully saturated rings. The monoisotopic (exact) mass is 376 g/mol. The third-order valence-corrected chi connectivity index (χ3v) is 4.00. The number of nitrogens with one attached hydrogen (secondary N) is 1. The molecule has 6 nitrogen and oxygen atoms in total. The molecule has 1 aliphatic rings. The fourth-order valence-electron chi connectivity index (χ4n) is 2.60. The zero-order valence-electron chi connectivity index (χ0n) is 14.6. The van der Waals surface area contributed by atoms with Crippen LogP contribution < -0.4 is 11.1 Å². The molecule has 0 saturated carbocycles. The van der Waals surface area contributed by atoms with Crippen molar-refractivity contribution in [3.8, 4) is 12.3 Å². The molecule has 1 aliphatic carbocycles. The van der Waals surface area contributed by atoms with Gasteiger partial charge in [-0.25, -0.2) is 4.79 Å². The lowest BCUT2D eigenvalue weighted by Crippen LogP contribution is -2.59. The highest BCUT2D eigenvalue weighted by Gasteiger charge is 2.44. The predicted molar refractivity (Wildman–Crippen MR) is 87.7 cm³/mol. The molecule has 0 spiro atoms. The second-order valence-electron chi connectivity index (χ2n) is 5.88. The van der Waals surface area contributed by atoms with Crippen molar-refractivity contribution in [3.63, 3.8) is 0 Å². The van der Waals surface area contributed by atoms with Crippen molar-refractivity contribution in [1.29, 1.82) is 0 Å². The normalized spacial score (nSPS) is 23.2. The number of halogens is 3. The van der Waals surface area contributed by atoms with Gasteiger partial charge in [-0.3, -0.25) is 4.79 Å². The molecule has 0 aliphatic heterocycles. The van der Waals surface area contributed by atoms with E-state index in [1.807, 2.05) is 19.2 Å². The number of nitrogens with two attached hydrogens (primary N) is 1. The Balaban J connectivity index is 3.07. The minimum absolute atomic E-state index is 0.0744. The van der Waals surface area contributed by atoms with Crippen molar-refractivity contribution >= 4 is 11.9 Å². The van der Waals surface area contributed by atoms with E-state index in [-0.39, 0.29) is 24.7 Å². The highest BCUT2D eigenvalue weighted by molar-refractivity contribution is 5.89. The summed E-state index contributed by atoms with van der Waals surface area (Å²) in [5.74, 6) is -0.672. The molecule has 0 aromatic carbocycles. The van der Waals surface area contributed by atoms with Gasteiger partial charge in [0.15, 0.2) is 6.61 Å². The first-order valence-electron chi connectivity index (χ1n) is 8.23. The maximum Gasteiger partial charge on any atom is 0.471 e. The lowest BCUT2D eigenvalue weighted by atomic mass is 9.88. The molecule has 26 heavy (non-hydrogen) atoms. The number of alkyl halides is 3. The van der Waals surface area contributed by atoms with Crippen LogP contribution in [0, 0.1) is 12.3 Å². The summed E-state index contributed by atoms with van der Waals surface area (Å²) in [4.78, 5) is 23.3. The first-order valence-corrected chi connectivity index (χ1v) is 8.23. The first-order chi connectivity index (χ1) is 12.1. The van der Waals surface area contributed by atoms with Crippen molar-refractivity contribution in [2.24, 2.45) is 5.73 Å². The van der Waals surface area contributed by atoms with Crippen LogP contribution in [0.3, 0.4) is 0 Å². The van der Waals surface area contributed by atoms with Crippen LogP contribution in [-0.4, -0.2) is 49.0 Å². The number of hydrogen-bond acceptors (Lipinski definition) is 5. The van der Waals surface area contributed by atoms with E-state index in [0.717, 1.165) is 0 Å². The highest BCUT2D eigenvalue weighted by Crippen LogP contribution is 2.25.